The largest absolute Gasteiger partial charge is 0.455 e. The number of aryl methyl sites for hydroxylation is 2. The Bertz CT molecular complexity index is 1610. The van der Waals surface area contributed by atoms with Crippen LogP contribution < -0.4 is 0 Å². The Hall–Kier alpha value is -3.91. The summed E-state index contributed by atoms with van der Waals surface area (Å²) in [6.45, 7) is 4.33. The molecule has 0 saturated heterocycles. The Morgan fingerprint density at radius 1 is 0.645 bits per heavy atom. The van der Waals surface area contributed by atoms with E-state index in [2.05, 4.69) is 86.6 Å². The molecule has 148 valence electrons. The second-order valence-corrected chi connectivity index (χ2v) is 8.12. The zero-order valence-corrected chi connectivity index (χ0v) is 17.5. The van der Waals surface area contributed by atoms with Gasteiger partial charge < -0.3 is 4.42 Å². The van der Waals surface area contributed by atoms with Gasteiger partial charge in [-0.1, -0.05) is 66.7 Å². The number of rotatable bonds is 2. The van der Waals surface area contributed by atoms with Crippen molar-refractivity contribution in [3.63, 3.8) is 0 Å². The van der Waals surface area contributed by atoms with Crippen LogP contribution in [0, 0.1) is 13.8 Å². The standard InChI is InChI=1S/C29H21NO/c1-18-17-30-27(16-26(18)22-15-14-20-8-3-4-9-21(20)19(22)2)25-12-7-11-24-23-10-5-6-13-28(23)31-29(24)25/h3-17H,1-2H3. The molecule has 0 unspecified atom stereocenters. The number of furan rings is 1. The van der Waals surface area contributed by atoms with Gasteiger partial charge >= 0.3 is 0 Å². The van der Waals surface area contributed by atoms with Crippen molar-refractivity contribution in [3.05, 3.63) is 102 Å². The number of benzene rings is 4. The number of hydrogen-bond acceptors (Lipinski definition) is 2. The lowest BCUT2D eigenvalue weighted by Crippen LogP contribution is -1.93. The molecular weight excluding hydrogens is 378 g/mol. The molecule has 2 heterocycles. The smallest absolute Gasteiger partial charge is 0.144 e. The summed E-state index contributed by atoms with van der Waals surface area (Å²) in [7, 11) is 0. The third kappa shape index (κ3) is 2.76. The molecule has 2 aromatic heterocycles. The highest BCUT2D eigenvalue weighted by Gasteiger charge is 2.15. The van der Waals surface area contributed by atoms with Crippen LogP contribution in [-0.4, -0.2) is 4.98 Å². The summed E-state index contributed by atoms with van der Waals surface area (Å²) in [5.74, 6) is 0. The minimum atomic E-state index is 0.890. The molecular formula is C29H21NO. The molecule has 4 aromatic carbocycles. The summed E-state index contributed by atoms with van der Waals surface area (Å²) < 4.78 is 6.26. The maximum atomic E-state index is 6.26. The topological polar surface area (TPSA) is 26.0 Å². The Morgan fingerprint density at radius 3 is 2.32 bits per heavy atom. The van der Waals surface area contributed by atoms with E-state index in [9.17, 15) is 0 Å². The van der Waals surface area contributed by atoms with Crippen molar-refractivity contribution in [2.45, 2.75) is 13.8 Å². The van der Waals surface area contributed by atoms with Gasteiger partial charge in [0, 0.05) is 22.5 Å². The van der Waals surface area contributed by atoms with E-state index in [0.29, 0.717) is 0 Å². The van der Waals surface area contributed by atoms with Crippen molar-refractivity contribution in [3.8, 4) is 22.4 Å². The quantitative estimate of drug-likeness (QED) is 0.294. The maximum absolute atomic E-state index is 6.26. The molecule has 0 atom stereocenters. The lowest BCUT2D eigenvalue weighted by Gasteiger charge is -2.13. The van der Waals surface area contributed by atoms with Crippen molar-refractivity contribution in [2.75, 3.05) is 0 Å². The van der Waals surface area contributed by atoms with Gasteiger partial charge in [-0.3, -0.25) is 4.98 Å². The van der Waals surface area contributed by atoms with E-state index in [0.717, 1.165) is 33.2 Å². The average molecular weight is 399 g/mol. The van der Waals surface area contributed by atoms with E-state index in [1.807, 2.05) is 18.3 Å². The summed E-state index contributed by atoms with van der Waals surface area (Å²) in [5.41, 5.74) is 8.66. The molecule has 0 aliphatic heterocycles. The Kier molecular flexibility index (Phi) is 3.94. The predicted molar refractivity (Wildman–Crippen MR) is 129 cm³/mol. The van der Waals surface area contributed by atoms with Gasteiger partial charge in [0.2, 0.25) is 0 Å². The molecule has 0 aliphatic rings. The molecule has 2 nitrogen and oxygen atoms in total. The highest BCUT2D eigenvalue weighted by Crippen LogP contribution is 2.38. The van der Waals surface area contributed by atoms with Gasteiger partial charge in [-0.05, 0) is 65.1 Å². The van der Waals surface area contributed by atoms with E-state index < -0.39 is 0 Å². The van der Waals surface area contributed by atoms with Gasteiger partial charge in [0.1, 0.15) is 11.2 Å². The fourth-order valence-corrected chi connectivity index (χ4v) is 4.63. The third-order valence-corrected chi connectivity index (χ3v) is 6.27. The van der Waals surface area contributed by atoms with Crippen LogP contribution in [0.2, 0.25) is 0 Å². The number of para-hydroxylation sites is 2. The van der Waals surface area contributed by atoms with Crippen molar-refractivity contribution < 1.29 is 4.42 Å². The molecule has 6 rings (SSSR count). The van der Waals surface area contributed by atoms with E-state index >= 15 is 0 Å². The molecule has 0 N–H and O–H groups in total. The van der Waals surface area contributed by atoms with E-state index in [1.165, 1.54) is 33.0 Å². The summed E-state index contributed by atoms with van der Waals surface area (Å²) in [5, 5.41) is 4.82. The number of nitrogens with zero attached hydrogens (tertiary/aromatic N) is 1. The molecule has 0 saturated carbocycles. The molecule has 2 heteroatoms. The van der Waals surface area contributed by atoms with Crippen LogP contribution in [0.1, 0.15) is 11.1 Å². The second kappa shape index (κ2) is 6.82. The fraction of sp³-hybridized carbons (Fsp3) is 0.0690. The van der Waals surface area contributed by atoms with Gasteiger partial charge in [0.05, 0.1) is 5.69 Å². The summed E-state index contributed by atoms with van der Waals surface area (Å²) in [6, 6.07) is 29.7. The predicted octanol–water partition coefficient (Wildman–Crippen LogP) is 8.09. The molecule has 0 fully saturated rings. The lowest BCUT2D eigenvalue weighted by atomic mass is 9.92. The monoisotopic (exact) mass is 399 g/mol. The second-order valence-electron chi connectivity index (χ2n) is 8.12. The van der Waals surface area contributed by atoms with Gasteiger partial charge in [-0.15, -0.1) is 0 Å². The van der Waals surface area contributed by atoms with Crippen LogP contribution in [0.4, 0.5) is 0 Å². The number of hydrogen-bond donors (Lipinski definition) is 0. The first-order valence-electron chi connectivity index (χ1n) is 10.6. The maximum Gasteiger partial charge on any atom is 0.144 e. The fourth-order valence-electron chi connectivity index (χ4n) is 4.63. The van der Waals surface area contributed by atoms with Crippen molar-refractivity contribution in [2.24, 2.45) is 0 Å². The highest BCUT2D eigenvalue weighted by atomic mass is 16.3. The minimum Gasteiger partial charge on any atom is -0.455 e. The first kappa shape index (κ1) is 17.9. The molecule has 0 spiro atoms. The molecule has 6 aromatic rings. The van der Waals surface area contributed by atoms with E-state index in [-0.39, 0.29) is 0 Å². The molecule has 0 radical (unpaired) electrons. The Labute approximate surface area is 180 Å². The van der Waals surface area contributed by atoms with Crippen LogP contribution in [0.15, 0.2) is 95.5 Å². The SMILES string of the molecule is Cc1cnc(-c2cccc3c2oc2ccccc23)cc1-c1ccc2ccccc2c1C. The van der Waals surface area contributed by atoms with Crippen molar-refractivity contribution in [1.82, 2.24) is 4.98 Å². The minimum absolute atomic E-state index is 0.890. The van der Waals surface area contributed by atoms with Crippen LogP contribution >= 0.6 is 0 Å². The van der Waals surface area contributed by atoms with Gasteiger partial charge in [-0.25, -0.2) is 0 Å². The lowest BCUT2D eigenvalue weighted by molar-refractivity contribution is 0.670. The van der Waals surface area contributed by atoms with Crippen LogP contribution in [-0.2, 0) is 0 Å². The zero-order chi connectivity index (χ0) is 20.9. The number of fused-ring (bicyclic) bond motifs is 4. The normalized spacial score (nSPS) is 11.5. The first-order valence-corrected chi connectivity index (χ1v) is 10.6. The van der Waals surface area contributed by atoms with E-state index in [4.69, 9.17) is 9.40 Å². The van der Waals surface area contributed by atoms with E-state index in [1.54, 1.807) is 0 Å². The highest BCUT2D eigenvalue weighted by molar-refractivity contribution is 6.09. The Morgan fingerprint density at radius 2 is 1.42 bits per heavy atom. The average Bonchev–Trinajstić information content (AvgIpc) is 3.19. The van der Waals surface area contributed by atoms with Crippen LogP contribution in [0.5, 0.6) is 0 Å². The van der Waals surface area contributed by atoms with Crippen molar-refractivity contribution >= 4 is 32.7 Å². The first-order chi connectivity index (χ1) is 15.2. The number of aromatic nitrogens is 1. The molecule has 0 aliphatic carbocycles. The Balaban J connectivity index is 1.59. The number of pyridine rings is 1. The van der Waals surface area contributed by atoms with Gasteiger partial charge in [0.15, 0.2) is 0 Å². The van der Waals surface area contributed by atoms with Crippen molar-refractivity contribution in [1.29, 1.82) is 0 Å². The third-order valence-electron chi connectivity index (χ3n) is 6.27. The zero-order valence-electron chi connectivity index (χ0n) is 17.5. The molecule has 0 bridgehead atoms. The van der Waals surface area contributed by atoms with Crippen LogP contribution in [0.3, 0.4) is 0 Å². The van der Waals surface area contributed by atoms with Crippen LogP contribution in [0.25, 0.3) is 55.1 Å². The molecule has 31 heavy (non-hydrogen) atoms. The van der Waals surface area contributed by atoms with Gasteiger partial charge in [0.25, 0.3) is 0 Å². The summed E-state index contributed by atoms with van der Waals surface area (Å²) in [4.78, 5) is 4.79. The summed E-state index contributed by atoms with van der Waals surface area (Å²) in [6.07, 6.45) is 1.97. The van der Waals surface area contributed by atoms with Gasteiger partial charge in [-0.2, -0.15) is 0 Å². The molecule has 0 amide bonds. The summed E-state index contributed by atoms with van der Waals surface area (Å²) >= 11 is 0.